The molecule has 7 aromatic rings. The van der Waals surface area contributed by atoms with E-state index in [1.165, 1.54) is 24.8 Å². The molecular weight excluding hydrogens is 1190 g/mol. The van der Waals surface area contributed by atoms with Crippen molar-refractivity contribution in [1.82, 2.24) is 74.8 Å². The minimum atomic E-state index is 0.315. The highest BCUT2D eigenvalue weighted by Crippen LogP contribution is 2.30. The Hall–Kier alpha value is -9.51. The minimum Gasteiger partial charge on any atom is -0.354 e. The molecule has 0 unspecified atom stereocenters. The van der Waals surface area contributed by atoms with E-state index in [0.29, 0.717) is 239 Å². The van der Waals surface area contributed by atoms with Crippen molar-refractivity contribution in [1.29, 1.82) is 0 Å². The molecule has 0 amide bonds. The third-order valence-electron chi connectivity index (χ3n) is 18.5. The lowest BCUT2D eigenvalue weighted by Gasteiger charge is -2.38. The Labute approximate surface area is 550 Å². The van der Waals surface area contributed by atoms with Gasteiger partial charge in [0.15, 0.2) is 0 Å². The van der Waals surface area contributed by atoms with Crippen molar-refractivity contribution in [2.24, 2.45) is 5.92 Å². The van der Waals surface area contributed by atoms with Gasteiger partial charge in [0.25, 0.3) is 0 Å². The van der Waals surface area contributed by atoms with Crippen LogP contribution in [0.5, 0.6) is 0 Å². The second kappa shape index (κ2) is 29.2. The van der Waals surface area contributed by atoms with Crippen LogP contribution in [-0.4, -0.2) is 231 Å². The van der Waals surface area contributed by atoms with Crippen LogP contribution in [0.25, 0.3) is 0 Å². The molecule has 1 aliphatic carbocycles. The number of nitrogens with one attached hydrogen (secondary N) is 5. The van der Waals surface area contributed by atoms with Gasteiger partial charge in [-0.05, 0) is 49.3 Å². The highest BCUT2D eigenvalue weighted by atomic mass is 15.5. The maximum Gasteiger partial charge on any atom is 0.233 e. The SMILES string of the molecule is CCCCCNc1nc2nc(n1)N1CCN(CC1)c1nc(NCC(C)C)nc(n1)N1CCN(CC1)c1nc(NC3CCCCC3)nc(n1)N1CCN(CC1)c1nc(Nc3ccccc3)nc(n1)N1CCN(CC1)c1nc(NCCc3ccccc3)nc(n1)N1CCN2CC1. The predicted octanol–water partition coefficient (Wildman–Crippen LogP) is 5.37. The average molecular weight is 1280 g/mol. The summed E-state index contributed by atoms with van der Waals surface area (Å²) in [6, 6.07) is 20.9. The summed E-state index contributed by atoms with van der Waals surface area (Å²) >= 11 is 0. The number of anilines is 16. The standard InChI is InChI=1S/C64H90N30/c1-4-5-15-23-65-50-70-55-80-56(71-50)86-29-31-89(32-30-86)59-74-52(67-45-46(2)3)75-60(82-59)90-35-39-92(40-36-90)62-77-54(69-49-20-13-8-14-21-49)79-64(84-62)94-43-41-93(42-44-94)63-78-53(68-48-18-11-7-12-19-48)76-61(83-63)91-37-33-88(34-38-91)58-73-51(66-24-22-47-16-9-6-10-17-47)72-57(81-58)87-27-25-85(55)26-28-87/h6-7,9-12,16-19,46,49H,4-5,8,13-15,20-45H2,1-3H3,(H,65,70,71,80)(H,66,72,73,81)(H,67,74,75,82)(H,68,76,78,83)(H,69,77,79,84). The molecule has 30 nitrogen and oxygen atoms in total. The van der Waals surface area contributed by atoms with E-state index in [1.807, 2.05) is 36.4 Å². The lowest BCUT2D eigenvalue weighted by Crippen LogP contribution is -2.50. The maximum atomic E-state index is 5.27. The van der Waals surface area contributed by atoms with Gasteiger partial charge in [0.2, 0.25) is 89.2 Å². The number of piperazine rings is 5. The molecule has 30 heteroatoms. The third kappa shape index (κ3) is 15.3. The van der Waals surface area contributed by atoms with Gasteiger partial charge in [-0.25, -0.2) is 0 Å². The van der Waals surface area contributed by atoms with Crippen molar-refractivity contribution >= 4 is 94.9 Å². The second-order valence-corrected chi connectivity index (χ2v) is 25.7. The van der Waals surface area contributed by atoms with Gasteiger partial charge in [-0.15, -0.1) is 0 Å². The van der Waals surface area contributed by atoms with Crippen molar-refractivity contribution in [2.75, 3.05) is 226 Å². The van der Waals surface area contributed by atoms with Crippen LogP contribution in [0.15, 0.2) is 60.7 Å². The molecule has 94 heavy (non-hydrogen) atoms. The van der Waals surface area contributed by atoms with Crippen molar-refractivity contribution in [2.45, 2.75) is 84.6 Å². The molecule has 5 saturated heterocycles. The zero-order chi connectivity index (χ0) is 63.6. The lowest BCUT2D eigenvalue weighted by molar-refractivity contribution is 0.460. The number of aromatic nitrogens is 15. The molecule has 5 aromatic heterocycles. The first-order chi connectivity index (χ1) is 46.2. The highest BCUT2D eigenvalue weighted by molar-refractivity contribution is 5.58. The van der Waals surface area contributed by atoms with Crippen LogP contribution in [0.3, 0.4) is 0 Å². The van der Waals surface area contributed by atoms with E-state index in [0.717, 1.165) is 57.3 Å². The highest BCUT2D eigenvalue weighted by Gasteiger charge is 2.33. The average Bonchev–Trinajstić information content (AvgIpc) is 0.962. The molecule has 20 bridgehead atoms. The molecule has 0 atom stereocenters. The molecule has 496 valence electrons. The van der Waals surface area contributed by atoms with Crippen LogP contribution >= 0.6 is 0 Å². The fourth-order valence-electron chi connectivity index (χ4n) is 13.0. The lowest BCUT2D eigenvalue weighted by atomic mass is 9.96. The molecule has 19 rings (SSSR count). The summed E-state index contributed by atoms with van der Waals surface area (Å²) in [6.07, 6.45) is 9.94. The van der Waals surface area contributed by atoms with Crippen molar-refractivity contribution in [3.05, 3.63) is 66.2 Å². The fourth-order valence-corrected chi connectivity index (χ4v) is 13.0. The van der Waals surface area contributed by atoms with Crippen molar-refractivity contribution in [3.63, 3.8) is 0 Å². The van der Waals surface area contributed by atoms with Crippen LogP contribution < -0.4 is 75.6 Å². The van der Waals surface area contributed by atoms with E-state index in [-0.39, 0.29) is 0 Å². The van der Waals surface area contributed by atoms with Gasteiger partial charge < -0.3 is 75.6 Å². The summed E-state index contributed by atoms with van der Waals surface area (Å²) in [6.45, 7) is 22.0. The van der Waals surface area contributed by atoms with Crippen LogP contribution in [0.1, 0.15) is 77.7 Å². The monoisotopic (exact) mass is 1280 g/mol. The van der Waals surface area contributed by atoms with Crippen LogP contribution in [-0.2, 0) is 6.42 Å². The number of hydrogen-bond donors (Lipinski definition) is 5. The van der Waals surface area contributed by atoms with Gasteiger partial charge in [0.1, 0.15) is 0 Å². The van der Waals surface area contributed by atoms with E-state index in [4.69, 9.17) is 74.8 Å². The number of unbranched alkanes of at least 4 members (excludes halogenated alkanes) is 2. The first-order valence-corrected chi connectivity index (χ1v) is 34.4. The van der Waals surface area contributed by atoms with Gasteiger partial charge in [0, 0.05) is 162 Å². The normalized spacial score (nSPS) is 17.9. The van der Waals surface area contributed by atoms with Crippen LogP contribution in [0.2, 0.25) is 0 Å². The number of hydrogen-bond acceptors (Lipinski definition) is 30. The van der Waals surface area contributed by atoms with Crippen LogP contribution in [0.4, 0.5) is 94.9 Å². The maximum absolute atomic E-state index is 5.27. The van der Waals surface area contributed by atoms with Gasteiger partial charge >= 0.3 is 0 Å². The summed E-state index contributed by atoms with van der Waals surface area (Å²) in [4.78, 5) is 99.9. The summed E-state index contributed by atoms with van der Waals surface area (Å²) in [7, 11) is 0. The summed E-state index contributed by atoms with van der Waals surface area (Å²) in [5.41, 5.74) is 2.14. The molecule has 1 saturated carbocycles. The largest absolute Gasteiger partial charge is 0.354 e. The molecular formula is C64H90N30. The molecule has 12 aliphatic rings. The number of nitrogens with zero attached hydrogens (tertiary/aromatic N) is 25. The Balaban J connectivity index is 0.784. The zero-order valence-corrected chi connectivity index (χ0v) is 54.7. The Kier molecular flexibility index (Phi) is 19.2. The number of para-hydroxylation sites is 1. The Morgan fingerprint density at radius 3 is 1.02 bits per heavy atom. The van der Waals surface area contributed by atoms with E-state index in [1.54, 1.807) is 0 Å². The van der Waals surface area contributed by atoms with Gasteiger partial charge in [-0.3, -0.25) is 0 Å². The summed E-state index contributed by atoms with van der Waals surface area (Å²) in [5, 5.41) is 17.9. The van der Waals surface area contributed by atoms with Crippen LogP contribution in [0, 0.1) is 5.92 Å². The molecule has 16 heterocycles. The molecule has 11 aliphatic heterocycles. The van der Waals surface area contributed by atoms with E-state index >= 15 is 0 Å². The summed E-state index contributed by atoms with van der Waals surface area (Å²) in [5.74, 6) is 9.68. The quantitative estimate of drug-likeness (QED) is 0.0760. The summed E-state index contributed by atoms with van der Waals surface area (Å²) < 4.78 is 0. The molecule has 0 spiro atoms. The Bertz CT molecular complexity index is 3580. The van der Waals surface area contributed by atoms with E-state index in [2.05, 4.69) is 121 Å². The zero-order valence-electron chi connectivity index (χ0n) is 54.7. The van der Waals surface area contributed by atoms with Gasteiger partial charge in [-0.2, -0.15) is 74.8 Å². The molecule has 0 radical (unpaired) electrons. The molecule has 5 N–H and O–H groups in total. The Morgan fingerprint density at radius 1 is 0.351 bits per heavy atom. The first-order valence-electron chi connectivity index (χ1n) is 34.4. The third-order valence-corrected chi connectivity index (χ3v) is 18.5. The van der Waals surface area contributed by atoms with E-state index < -0.39 is 0 Å². The number of benzene rings is 2. The topological polar surface area (TPSA) is 286 Å². The molecule has 2 aromatic carbocycles. The second-order valence-electron chi connectivity index (χ2n) is 25.7. The number of rotatable bonds is 16. The predicted molar refractivity (Wildman–Crippen MR) is 371 cm³/mol. The first kappa shape index (κ1) is 62.0. The van der Waals surface area contributed by atoms with Crippen molar-refractivity contribution < 1.29 is 0 Å². The number of fused-ring (bicyclic) bond motifs is 5. The van der Waals surface area contributed by atoms with E-state index in [9.17, 15) is 0 Å². The van der Waals surface area contributed by atoms with Crippen molar-refractivity contribution in [3.8, 4) is 0 Å². The molecule has 6 fully saturated rings. The van der Waals surface area contributed by atoms with Gasteiger partial charge in [0.05, 0.1) is 0 Å². The van der Waals surface area contributed by atoms with Gasteiger partial charge in [-0.1, -0.05) is 101 Å². The minimum absolute atomic E-state index is 0.315. The Morgan fingerprint density at radius 2 is 0.670 bits per heavy atom. The fraction of sp³-hybridized carbons (Fsp3) is 0.578. The smallest absolute Gasteiger partial charge is 0.233 e.